The van der Waals surface area contributed by atoms with Gasteiger partial charge in [0.25, 0.3) is 84.3 Å². The summed E-state index contributed by atoms with van der Waals surface area (Å²) in [7, 11) is -31.9. The molecular weight excluding hydrogens is 1310 g/mol. The molecule has 0 saturated carbocycles. The average molecular weight is 1350 g/mol. The van der Waals surface area contributed by atoms with E-state index in [1.807, 2.05) is 0 Å². The van der Waals surface area contributed by atoms with Gasteiger partial charge in [-0.1, -0.05) is 24.3 Å². The Kier molecular flexibility index (Phi) is 18.4. The molecule has 0 radical (unpaired) electrons. The predicted molar refractivity (Wildman–Crippen MR) is 306 cm³/mol. The van der Waals surface area contributed by atoms with E-state index in [4.69, 9.17) is 0 Å². The maximum Gasteiger partial charge on any atom is 2.00 e. The van der Waals surface area contributed by atoms with Crippen LogP contribution in [-0.2, 0) is 77.8 Å². The van der Waals surface area contributed by atoms with Crippen LogP contribution in [0.2, 0.25) is 0 Å². The molecule has 12 N–H and O–H groups in total. The third-order valence-electron chi connectivity index (χ3n) is 12.5. The van der Waals surface area contributed by atoms with E-state index < -0.39 is 153 Å². The molecule has 8 aromatic rings. The number of hydrogen-bond donors (Lipinski definition) is 12. The summed E-state index contributed by atoms with van der Waals surface area (Å²) in [5, 5.41) is 11.8. The van der Waals surface area contributed by atoms with Crippen molar-refractivity contribution in [1.82, 2.24) is 0 Å². The molecule has 0 saturated heterocycles. The number of nitrogens with one attached hydrogen (secondary N) is 6. The van der Waals surface area contributed by atoms with E-state index in [0.717, 1.165) is 12.1 Å². The fourth-order valence-corrected chi connectivity index (χ4v) is 12.6. The SMILES string of the molecule is Cc1ccc(C(=O)Nc2ccc(S(=O)(=O)O)c3cc(S(=O)(=O)O)cc(S(=O)(=O)O)c23)cc1NC(=O)c1cccc(NC(=O)Nc2cccc(C(=O)Nc3cc(C(=O)Nc4ccc(S(=O)(=O)O)c5cc(S(=O)(=O)O)cc(S(=O)(=O)O)c45)ccc3C)c2)c1.[Fe+2]. The molecule has 0 spiro atoms. The average Bonchev–Trinajstić information content (AvgIpc) is 0.808. The second-order valence-corrected chi connectivity index (χ2v) is 26.8. The van der Waals surface area contributed by atoms with Gasteiger partial charge >= 0.3 is 23.1 Å². The topological polar surface area (TPSA) is 484 Å². The molecule has 0 aliphatic carbocycles. The van der Waals surface area contributed by atoms with Crippen LogP contribution in [-0.4, -0.2) is 107 Å². The van der Waals surface area contributed by atoms with Crippen molar-refractivity contribution in [2.75, 3.05) is 31.9 Å². The number of fused-ring (bicyclic) bond motifs is 2. The number of carbonyl (C=O) groups excluding carboxylic acids is 5. The fraction of sp³-hybridized carbons (Fsp3) is 0.0392. The van der Waals surface area contributed by atoms with Crippen molar-refractivity contribution in [2.24, 2.45) is 0 Å². The molecule has 0 fully saturated rings. The minimum atomic E-state index is -5.45. The van der Waals surface area contributed by atoms with E-state index in [2.05, 4.69) is 31.9 Å². The number of benzene rings is 8. The van der Waals surface area contributed by atoms with E-state index in [1.165, 1.54) is 84.9 Å². The Labute approximate surface area is 503 Å². The Morgan fingerprint density at radius 2 is 0.632 bits per heavy atom. The second kappa shape index (κ2) is 24.3. The summed E-state index contributed by atoms with van der Waals surface area (Å²) in [5.74, 6) is -3.56. The number of amides is 6. The second-order valence-electron chi connectivity index (χ2n) is 18.4. The molecule has 36 heteroatoms. The molecule has 29 nitrogen and oxygen atoms in total. The van der Waals surface area contributed by atoms with Crippen LogP contribution in [0.1, 0.15) is 52.6 Å². The molecule has 0 aliphatic rings. The van der Waals surface area contributed by atoms with Gasteiger partial charge in [0.1, 0.15) is 19.6 Å². The van der Waals surface area contributed by atoms with Crippen molar-refractivity contribution < 1.29 is 119 Å². The van der Waals surface area contributed by atoms with Gasteiger partial charge in [-0.25, -0.2) is 4.79 Å². The summed E-state index contributed by atoms with van der Waals surface area (Å²) >= 11 is 0. The van der Waals surface area contributed by atoms with Crippen LogP contribution in [0.5, 0.6) is 0 Å². The first kappa shape index (κ1) is 65.9. The van der Waals surface area contributed by atoms with Gasteiger partial charge in [0.05, 0.1) is 21.2 Å². The van der Waals surface area contributed by atoms with Gasteiger partial charge in [-0.3, -0.25) is 46.5 Å². The van der Waals surface area contributed by atoms with Gasteiger partial charge in [0.2, 0.25) is 0 Å². The summed E-state index contributed by atoms with van der Waals surface area (Å²) in [6.07, 6.45) is 0. The molecule has 0 heterocycles. The largest absolute Gasteiger partial charge is 2.00 e. The molecular formula is C51H40FeN6O23S6+2. The predicted octanol–water partition coefficient (Wildman–Crippen LogP) is 6.74. The van der Waals surface area contributed by atoms with Gasteiger partial charge < -0.3 is 31.9 Å². The van der Waals surface area contributed by atoms with E-state index >= 15 is 0 Å². The van der Waals surface area contributed by atoms with Crippen molar-refractivity contribution >= 4 is 146 Å². The van der Waals surface area contributed by atoms with Crippen LogP contribution in [0, 0.1) is 13.8 Å². The maximum absolute atomic E-state index is 13.7. The fourth-order valence-electron chi connectivity index (χ4n) is 8.50. The number of urea groups is 1. The molecule has 454 valence electrons. The number of anilines is 6. The zero-order chi connectivity index (χ0) is 63.4. The zero-order valence-electron chi connectivity index (χ0n) is 43.6. The number of carbonyl (C=O) groups is 5. The Balaban J connectivity index is 0.0000108. The van der Waals surface area contributed by atoms with Crippen LogP contribution >= 0.6 is 0 Å². The molecule has 0 aromatic heterocycles. The van der Waals surface area contributed by atoms with Crippen LogP contribution in [0.25, 0.3) is 21.5 Å². The number of hydrogen-bond acceptors (Lipinski definition) is 17. The van der Waals surface area contributed by atoms with Gasteiger partial charge in [0.15, 0.2) is 0 Å². The Morgan fingerprint density at radius 3 is 0.943 bits per heavy atom. The first-order chi connectivity index (χ1) is 39.8. The Morgan fingerprint density at radius 1 is 0.322 bits per heavy atom. The first-order valence-corrected chi connectivity index (χ1v) is 32.2. The molecule has 8 aromatic carbocycles. The van der Waals surface area contributed by atoms with E-state index in [0.29, 0.717) is 47.5 Å². The molecule has 6 amide bonds. The third-order valence-corrected chi connectivity index (χ3v) is 17.7. The van der Waals surface area contributed by atoms with Gasteiger partial charge in [-0.15, -0.1) is 0 Å². The quantitative estimate of drug-likeness (QED) is 0.0352. The monoisotopic (exact) mass is 1350 g/mol. The van der Waals surface area contributed by atoms with E-state index in [-0.39, 0.29) is 62.1 Å². The third kappa shape index (κ3) is 15.0. The molecule has 87 heavy (non-hydrogen) atoms. The van der Waals surface area contributed by atoms with E-state index in [9.17, 15) is 102 Å². The normalized spacial score (nSPS) is 12.1. The van der Waals surface area contributed by atoms with Crippen molar-refractivity contribution in [3.05, 3.63) is 167 Å². The molecule has 0 unspecified atom stereocenters. The minimum Gasteiger partial charge on any atom is -0.322 e. The summed E-state index contributed by atoms with van der Waals surface area (Å²) in [6.45, 7) is 3.12. The standard InChI is InChI=1S/C51H40N6O23S6.Fe/c1-25-9-11-29(49(60)54-37-13-15-41(83(69,70)71)35-21-33(81(63,64)65)23-43(45(35)37)85(75,76)77)19-39(25)56-47(58)27-5-3-7-31(17-27)52-51(62)53-32-8-4-6-28(18-32)48(59)57-40-20-30(12-10-26(40)2)50(61)55-38-14-16-42(84(72,73)74)36-22-34(82(66,67)68)24-44(46(36)38)86(78,79)80;/h3-24H,1-2H3,(H,54,60)(H,55,61)(H,56,58)(H,57,59)(H2,52,53,62)(H,63,64,65)(H,66,67,68)(H,69,70,71)(H,72,73,74)(H,75,76,77)(H,78,79,80);/q;+2. The van der Waals surface area contributed by atoms with Gasteiger partial charge in [-0.2, -0.15) is 50.5 Å². The summed E-state index contributed by atoms with van der Waals surface area (Å²) in [4.78, 5) is 60.8. The van der Waals surface area contributed by atoms with Crippen molar-refractivity contribution in [3.8, 4) is 0 Å². The summed E-state index contributed by atoms with van der Waals surface area (Å²) < 4.78 is 206. The van der Waals surface area contributed by atoms with Gasteiger partial charge in [0, 0.05) is 66.5 Å². The molecule has 0 atom stereocenters. The maximum atomic E-state index is 13.7. The zero-order valence-corrected chi connectivity index (χ0v) is 49.6. The van der Waals surface area contributed by atoms with E-state index in [1.54, 1.807) is 13.8 Å². The smallest absolute Gasteiger partial charge is 0.322 e. The Bertz CT molecular complexity index is 4720. The Hall–Kier alpha value is -8.59. The summed E-state index contributed by atoms with van der Waals surface area (Å²) in [6, 6.07) is 22.6. The van der Waals surface area contributed by atoms with Crippen LogP contribution < -0.4 is 31.9 Å². The number of aryl methyl sites for hydroxylation is 2. The van der Waals surface area contributed by atoms with Gasteiger partial charge in [-0.05, 0) is 134 Å². The first-order valence-electron chi connectivity index (χ1n) is 23.6. The van der Waals surface area contributed by atoms with Crippen LogP contribution in [0.15, 0.2) is 163 Å². The molecule has 0 bridgehead atoms. The number of rotatable bonds is 16. The minimum absolute atomic E-state index is 0. The summed E-state index contributed by atoms with van der Waals surface area (Å²) in [5.41, 5.74) is -0.385. The van der Waals surface area contributed by atoms with Crippen molar-refractivity contribution in [2.45, 2.75) is 43.2 Å². The van der Waals surface area contributed by atoms with Crippen LogP contribution in [0.4, 0.5) is 38.9 Å². The molecule has 8 rings (SSSR count). The van der Waals surface area contributed by atoms with Crippen molar-refractivity contribution in [1.29, 1.82) is 0 Å². The van der Waals surface area contributed by atoms with Crippen molar-refractivity contribution in [3.63, 3.8) is 0 Å². The molecule has 0 aliphatic heterocycles. The van der Waals surface area contributed by atoms with Crippen LogP contribution in [0.3, 0.4) is 0 Å².